The van der Waals surface area contributed by atoms with Gasteiger partial charge in [0.1, 0.15) is 11.2 Å². The third-order valence-corrected chi connectivity index (χ3v) is 4.38. The Labute approximate surface area is 127 Å². The van der Waals surface area contributed by atoms with Crippen molar-refractivity contribution >= 4 is 29.0 Å². The van der Waals surface area contributed by atoms with Gasteiger partial charge in [0.05, 0.1) is 12.8 Å². The van der Waals surface area contributed by atoms with Gasteiger partial charge >= 0.3 is 0 Å². The molecule has 1 aliphatic carbocycles. The molecule has 1 amide bonds. The van der Waals surface area contributed by atoms with E-state index in [1.54, 1.807) is 12.1 Å². The number of amides is 1. The van der Waals surface area contributed by atoms with Gasteiger partial charge < -0.3 is 21.0 Å². The van der Waals surface area contributed by atoms with Crippen molar-refractivity contribution in [1.29, 1.82) is 0 Å². The largest absolute Gasteiger partial charge is 0.495 e. The Bertz CT molecular complexity index is 597. The number of nitrogens with zero attached hydrogens (tertiary/aromatic N) is 1. The molecular formula is C14H18ClN3O3. The molecule has 0 aromatic heterocycles. The molecule has 21 heavy (non-hydrogen) atoms. The van der Waals surface area contributed by atoms with Gasteiger partial charge in [0.25, 0.3) is 0 Å². The van der Waals surface area contributed by atoms with E-state index in [-0.39, 0.29) is 11.7 Å². The molecule has 0 spiro atoms. The van der Waals surface area contributed by atoms with Crippen LogP contribution < -0.4 is 15.8 Å². The maximum atomic E-state index is 12.5. The van der Waals surface area contributed by atoms with E-state index < -0.39 is 5.41 Å². The zero-order valence-corrected chi connectivity index (χ0v) is 12.7. The Hall–Kier alpha value is -1.95. The topological polar surface area (TPSA) is 96.9 Å². The van der Waals surface area contributed by atoms with E-state index in [4.69, 9.17) is 27.3 Å². The maximum Gasteiger partial charge on any atom is 0.238 e. The highest BCUT2D eigenvalue weighted by molar-refractivity contribution is 6.31. The number of benzene rings is 1. The summed E-state index contributed by atoms with van der Waals surface area (Å²) in [4.78, 5) is 12.5. The van der Waals surface area contributed by atoms with Gasteiger partial charge in [-0.3, -0.25) is 4.79 Å². The van der Waals surface area contributed by atoms with Crippen molar-refractivity contribution in [3.05, 3.63) is 22.7 Å². The van der Waals surface area contributed by atoms with Crippen LogP contribution in [-0.4, -0.2) is 24.1 Å². The second kappa shape index (κ2) is 5.81. The molecule has 1 aromatic rings. The predicted octanol–water partition coefficient (Wildman–Crippen LogP) is 2.51. The van der Waals surface area contributed by atoms with Crippen molar-refractivity contribution in [2.45, 2.75) is 26.2 Å². The van der Waals surface area contributed by atoms with E-state index in [2.05, 4.69) is 10.5 Å². The van der Waals surface area contributed by atoms with Gasteiger partial charge in [0, 0.05) is 11.1 Å². The first-order valence-corrected chi connectivity index (χ1v) is 6.96. The third kappa shape index (κ3) is 2.63. The lowest BCUT2D eigenvalue weighted by Crippen LogP contribution is -2.51. The number of anilines is 1. The number of carbonyl (C=O) groups is 1. The monoisotopic (exact) mass is 311 g/mol. The van der Waals surface area contributed by atoms with E-state index in [0.29, 0.717) is 29.3 Å². The van der Waals surface area contributed by atoms with Crippen molar-refractivity contribution < 1.29 is 14.7 Å². The summed E-state index contributed by atoms with van der Waals surface area (Å²) in [5.74, 6) is 0.105. The second-order valence-corrected chi connectivity index (χ2v) is 5.58. The number of methoxy groups -OCH3 is 1. The first-order valence-electron chi connectivity index (χ1n) is 6.58. The highest BCUT2D eigenvalue weighted by Gasteiger charge is 2.48. The Morgan fingerprint density at radius 1 is 1.52 bits per heavy atom. The molecule has 0 saturated heterocycles. The van der Waals surface area contributed by atoms with Crippen LogP contribution >= 0.6 is 11.6 Å². The first-order chi connectivity index (χ1) is 9.94. The second-order valence-electron chi connectivity index (χ2n) is 5.18. The molecule has 0 atom stereocenters. The van der Waals surface area contributed by atoms with Crippen LogP contribution in [-0.2, 0) is 4.79 Å². The molecule has 0 bridgehead atoms. The Kier molecular flexibility index (Phi) is 4.27. The Morgan fingerprint density at radius 3 is 2.67 bits per heavy atom. The number of ether oxygens (including phenoxy) is 1. The molecule has 4 N–H and O–H groups in total. The van der Waals surface area contributed by atoms with E-state index in [9.17, 15) is 4.79 Å². The first kappa shape index (κ1) is 15.4. The van der Waals surface area contributed by atoms with Gasteiger partial charge in [-0.15, -0.1) is 0 Å². The number of nitrogens with one attached hydrogen (secondary N) is 1. The zero-order valence-electron chi connectivity index (χ0n) is 11.9. The van der Waals surface area contributed by atoms with Crippen LogP contribution in [0.1, 0.15) is 24.8 Å². The van der Waals surface area contributed by atoms with E-state index >= 15 is 0 Å². The minimum absolute atomic E-state index is 0.0593. The van der Waals surface area contributed by atoms with Gasteiger partial charge in [-0.05, 0) is 31.4 Å². The summed E-state index contributed by atoms with van der Waals surface area (Å²) < 4.78 is 5.22. The third-order valence-electron chi connectivity index (χ3n) is 3.97. The number of hydrogen-bond donors (Lipinski definition) is 3. The predicted molar refractivity (Wildman–Crippen MR) is 81.1 cm³/mol. The van der Waals surface area contributed by atoms with Gasteiger partial charge in [0.15, 0.2) is 5.84 Å². The summed E-state index contributed by atoms with van der Waals surface area (Å²) in [6.07, 6.45) is 1.98. The molecule has 0 heterocycles. The fourth-order valence-electron chi connectivity index (χ4n) is 2.40. The fraction of sp³-hybridized carbons (Fsp3) is 0.429. The number of amidine groups is 1. The minimum atomic E-state index is -0.937. The molecule has 0 unspecified atom stereocenters. The molecule has 7 heteroatoms. The molecule has 1 fully saturated rings. The van der Waals surface area contributed by atoms with E-state index in [0.717, 1.165) is 12.0 Å². The number of rotatable bonds is 4. The van der Waals surface area contributed by atoms with Gasteiger partial charge in [-0.2, -0.15) is 0 Å². The number of oxime groups is 1. The fourth-order valence-corrected chi connectivity index (χ4v) is 2.55. The molecule has 0 radical (unpaired) electrons. The van der Waals surface area contributed by atoms with Crippen LogP contribution in [0.5, 0.6) is 5.75 Å². The van der Waals surface area contributed by atoms with Crippen molar-refractivity contribution in [2.75, 3.05) is 12.4 Å². The highest BCUT2D eigenvalue weighted by atomic mass is 35.5. The minimum Gasteiger partial charge on any atom is -0.495 e. The normalized spacial score (nSPS) is 17.0. The van der Waals surface area contributed by atoms with Gasteiger partial charge in [0.2, 0.25) is 5.91 Å². The van der Waals surface area contributed by atoms with Gasteiger partial charge in [-0.1, -0.05) is 23.2 Å². The summed E-state index contributed by atoms with van der Waals surface area (Å²) in [5.41, 5.74) is 6.08. The molecule has 1 saturated carbocycles. The zero-order chi connectivity index (χ0) is 15.6. The molecular weight excluding hydrogens is 294 g/mol. The van der Waals surface area contributed by atoms with Crippen LogP contribution in [0.4, 0.5) is 5.69 Å². The quantitative estimate of drug-likeness (QED) is 0.344. The highest BCUT2D eigenvalue weighted by Crippen LogP contribution is 2.43. The van der Waals surface area contributed by atoms with Crippen LogP contribution in [0.2, 0.25) is 5.02 Å². The molecule has 1 aromatic carbocycles. The molecule has 6 nitrogen and oxygen atoms in total. The number of hydrogen-bond acceptors (Lipinski definition) is 4. The standard InChI is InChI=1S/C14H18ClN3O3/c1-8-6-10(11(21-2)7-9(8)15)17-13(19)14(4-3-5-14)12(16)18-20/h6-7,20H,3-5H2,1-2H3,(H2,16,18)(H,17,19). The molecule has 114 valence electrons. The van der Waals surface area contributed by atoms with E-state index in [1.807, 2.05) is 6.92 Å². The smallest absolute Gasteiger partial charge is 0.238 e. The van der Waals surface area contributed by atoms with Crippen molar-refractivity contribution in [3.8, 4) is 5.75 Å². The van der Waals surface area contributed by atoms with Crippen molar-refractivity contribution in [1.82, 2.24) is 0 Å². The van der Waals surface area contributed by atoms with Crippen molar-refractivity contribution in [2.24, 2.45) is 16.3 Å². The van der Waals surface area contributed by atoms with Crippen LogP contribution in [0.3, 0.4) is 0 Å². The summed E-state index contributed by atoms with van der Waals surface area (Å²) >= 11 is 6.04. The lowest BCUT2D eigenvalue weighted by atomic mass is 9.67. The Morgan fingerprint density at radius 2 is 2.19 bits per heavy atom. The number of aryl methyl sites for hydroxylation is 1. The summed E-state index contributed by atoms with van der Waals surface area (Å²) in [6, 6.07) is 3.38. The van der Waals surface area contributed by atoms with E-state index in [1.165, 1.54) is 7.11 Å². The number of halogens is 1. The van der Waals surface area contributed by atoms with Gasteiger partial charge in [-0.25, -0.2) is 0 Å². The van der Waals surface area contributed by atoms with Crippen LogP contribution in [0, 0.1) is 12.3 Å². The number of carbonyl (C=O) groups excluding carboxylic acids is 1. The SMILES string of the molecule is COc1cc(Cl)c(C)cc1NC(=O)C1(/C(N)=N/O)CCC1. The average Bonchev–Trinajstić information content (AvgIpc) is 2.41. The molecule has 2 rings (SSSR count). The molecule has 1 aliphatic rings. The lowest BCUT2D eigenvalue weighted by Gasteiger charge is -2.38. The lowest BCUT2D eigenvalue weighted by molar-refractivity contribution is -0.125. The summed E-state index contributed by atoms with van der Waals surface area (Å²) in [7, 11) is 1.50. The summed E-state index contributed by atoms with van der Waals surface area (Å²) in [6.45, 7) is 1.83. The van der Waals surface area contributed by atoms with Crippen molar-refractivity contribution in [3.63, 3.8) is 0 Å². The van der Waals surface area contributed by atoms with Crippen LogP contribution in [0.15, 0.2) is 17.3 Å². The molecule has 0 aliphatic heterocycles. The average molecular weight is 312 g/mol. The maximum absolute atomic E-state index is 12.5. The number of nitrogens with two attached hydrogens (primary N) is 1. The van der Waals surface area contributed by atoms with Crippen LogP contribution in [0.25, 0.3) is 0 Å². The Balaban J connectivity index is 2.29. The summed E-state index contributed by atoms with van der Waals surface area (Å²) in [5, 5.41) is 15.2.